The van der Waals surface area contributed by atoms with E-state index in [4.69, 9.17) is 19.5 Å². The molecule has 0 fully saturated rings. The molecule has 0 aromatic heterocycles. The highest BCUT2D eigenvalue weighted by Gasteiger charge is 2.33. The van der Waals surface area contributed by atoms with Crippen molar-refractivity contribution >= 4 is 13.7 Å². The van der Waals surface area contributed by atoms with E-state index in [0.29, 0.717) is 30.9 Å². The number of nitrogens with two attached hydrogens (primary N) is 1. The van der Waals surface area contributed by atoms with Crippen LogP contribution in [0, 0.1) is 0 Å². The van der Waals surface area contributed by atoms with Crippen LogP contribution < -0.4 is 20.1 Å². The van der Waals surface area contributed by atoms with Crippen molar-refractivity contribution in [2.45, 2.75) is 25.5 Å². The fourth-order valence-corrected chi connectivity index (χ4v) is 5.04. The standard InChI is InChI=1S/C25H29N2O5P/c26-18-10-13-22(27-25(28)30-19-21-11-4-1-5-12-21)20-33(29,31-23-14-6-2-7-15-23)32-24-16-8-3-9-17-24/h1-9,11-12,14-17,22H,10,13,18-20,26H2,(H,27,28). The number of nitrogens with one attached hydrogen (secondary N) is 1. The van der Waals surface area contributed by atoms with E-state index in [2.05, 4.69) is 5.32 Å². The maximum absolute atomic E-state index is 13.8. The Morgan fingerprint density at radius 2 is 1.36 bits per heavy atom. The second kappa shape index (κ2) is 12.7. The van der Waals surface area contributed by atoms with Gasteiger partial charge in [0.1, 0.15) is 18.1 Å². The van der Waals surface area contributed by atoms with Crippen LogP contribution in [0.15, 0.2) is 91.0 Å². The number of ether oxygens (including phenoxy) is 1. The van der Waals surface area contributed by atoms with Gasteiger partial charge in [0.25, 0.3) is 0 Å². The van der Waals surface area contributed by atoms with E-state index >= 15 is 0 Å². The molecule has 1 atom stereocenters. The van der Waals surface area contributed by atoms with Gasteiger partial charge in [-0.05, 0) is 49.2 Å². The average Bonchev–Trinajstić information content (AvgIpc) is 2.83. The first-order valence-electron chi connectivity index (χ1n) is 10.8. The van der Waals surface area contributed by atoms with Crippen molar-refractivity contribution in [3.8, 4) is 11.5 Å². The van der Waals surface area contributed by atoms with Gasteiger partial charge in [-0.15, -0.1) is 0 Å². The Kier molecular flexibility index (Phi) is 9.36. The minimum Gasteiger partial charge on any atom is -0.445 e. The third-order valence-electron chi connectivity index (χ3n) is 4.71. The first kappa shape index (κ1) is 24.4. The summed E-state index contributed by atoms with van der Waals surface area (Å²) in [6.07, 6.45) is 0.473. The van der Waals surface area contributed by atoms with Crippen LogP contribution in [0.5, 0.6) is 11.5 Å². The van der Waals surface area contributed by atoms with E-state index in [0.717, 1.165) is 5.56 Å². The molecule has 0 heterocycles. The molecule has 0 saturated heterocycles. The van der Waals surface area contributed by atoms with Gasteiger partial charge in [0.15, 0.2) is 0 Å². The van der Waals surface area contributed by atoms with Crippen molar-refractivity contribution in [1.29, 1.82) is 0 Å². The molecule has 0 saturated carbocycles. The van der Waals surface area contributed by atoms with Gasteiger partial charge < -0.3 is 24.8 Å². The summed E-state index contributed by atoms with van der Waals surface area (Å²) in [5, 5.41) is 2.80. The molecular weight excluding hydrogens is 439 g/mol. The zero-order valence-electron chi connectivity index (χ0n) is 18.3. The van der Waals surface area contributed by atoms with E-state index in [1.54, 1.807) is 48.5 Å². The highest BCUT2D eigenvalue weighted by Crippen LogP contribution is 2.49. The molecule has 3 N–H and O–H groups in total. The van der Waals surface area contributed by atoms with Crippen LogP contribution >= 0.6 is 7.60 Å². The van der Waals surface area contributed by atoms with Crippen LogP contribution in [0.25, 0.3) is 0 Å². The highest BCUT2D eigenvalue weighted by molar-refractivity contribution is 7.54. The Labute approximate surface area is 194 Å². The molecule has 8 heteroatoms. The third kappa shape index (κ3) is 8.64. The van der Waals surface area contributed by atoms with Gasteiger partial charge in [0, 0.05) is 6.04 Å². The molecule has 0 aliphatic rings. The Balaban J connectivity index is 1.71. The van der Waals surface area contributed by atoms with Gasteiger partial charge in [-0.3, -0.25) is 0 Å². The topological polar surface area (TPSA) is 99.9 Å². The number of rotatable bonds is 12. The SMILES string of the molecule is NCCCC(CP(=O)(Oc1ccccc1)Oc1ccccc1)NC(=O)OCc1ccccc1. The van der Waals surface area contributed by atoms with Gasteiger partial charge in [-0.25, -0.2) is 9.36 Å². The van der Waals surface area contributed by atoms with Crippen LogP contribution in [-0.2, 0) is 15.9 Å². The molecule has 3 rings (SSSR count). The van der Waals surface area contributed by atoms with Crippen molar-refractivity contribution in [2.75, 3.05) is 12.7 Å². The Morgan fingerprint density at radius 1 is 0.848 bits per heavy atom. The first-order chi connectivity index (χ1) is 16.1. The number of amides is 1. The monoisotopic (exact) mass is 468 g/mol. The molecule has 0 spiro atoms. The zero-order chi connectivity index (χ0) is 23.4. The van der Waals surface area contributed by atoms with E-state index in [1.165, 1.54) is 0 Å². The summed E-state index contributed by atoms with van der Waals surface area (Å²) in [7, 11) is -3.70. The highest BCUT2D eigenvalue weighted by atomic mass is 31.2. The third-order valence-corrected chi connectivity index (χ3v) is 6.58. The summed E-state index contributed by atoms with van der Waals surface area (Å²) >= 11 is 0. The minimum absolute atomic E-state index is 0.0444. The number of alkyl carbamates (subject to hydrolysis) is 1. The van der Waals surface area contributed by atoms with Crippen LogP contribution in [0.3, 0.4) is 0 Å². The summed E-state index contributed by atoms with van der Waals surface area (Å²) in [5.74, 6) is 0.835. The maximum atomic E-state index is 13.8. The van der Waals surface area contributed by atoms with Crippen molar-refractivity contribution in [3.63, 3.8) is 0 Å². The lowest BCUT2D eigenvalue weighted by Crippen LogP contribution is -2.39. The van der Waals surface area contributed by atoms with E-state index in [-0.39, 0.29) is 12.8 Å². The maximum Gasteiger partial charge on any atom is 0.432 e. The molecule has 7 nitrogen and oxygen atoms in total. The van der Waals surface area contributed by atoms with Crippen molar-refractivity contribution in [3.05, 3.63) is 96.6 Å². The van der Waals surface area contributed by atoms with Crippen molar-refractivity contribution < 1.29 is 23.1 Å². The summed E-state index contributed by atoms with van der Waals surface area (Å²) in [4.78, 5) is 12.5. The first-order valence-corrected chi connectivity index (χ1v) is 12.5. The molecule has 1 amide bonds. The van der Waals surface area contributed by atoms with E-state index in [9.17, 15) is 9.36 Å². The van der Waals surface area contributed by atoms with E-state index in [1.807, 2.05) is 42.5 Å². The number of carbonyl (C=O) groups is 1. The second-order valence-electron chi connectivity index (χ2n) is 7.44. The predicted molar refractivity (Wildman–Crippen MR) is 128 cm³/mol. The summed E-state index contributed by atoms with van der Waals surface area (Å²) in [5.41, 5.74) is 6.55. The fraction of sp³-hybridized carbons (Fsp3) is 0.240. The molecule has 33 heavy (non-hydrogen) atoms. The Hall–Kier alpha value is -3.28. The van der Waals surface area contributed by atoms with Crippen LogP contribution in [-0.4, -0.2) is 24.8 Å². The fourth-order valence-electron chi connectivity index (χ4n) is 3.15. The molecule has 1 unspecified atom stereocenters. The van der Waals surface area contributed by atoms with Gasteiger partial charge in [-0.2, -0.15) is 0 Å². The summed E-state index contributed by atoms with van der Waals surface area (Å²) < 4.78 is 30.8. The molecule has 0 radical (unpaired) electrons. The minimum atomic E-state index is -3.70. The lowest BCUT2D eigenvalue weighted by atomic mass is 10.2. The Morgan fingerprint density at radius 3 is 1.88 bits per heavy atom. The number of benzene rings is 3. The molecule has 3 aromatic carbocycles. The molecule has 0 aliphatic carbocycles. The zero-order valence-corrected chi connectivity index (χ0v) is 19.2. The van der Waals surface area contributed by atoms with Crippen LogP contribution in [0.4, 0.5) is 4.79 Å². The number of para-hydroxylation sites is 2. The van der Waals surface area contributed by atoms with Gasteiger partial charge in [-0.1, -0.05) is 66.7 Å². The molecule has 0 aliphatic heterocycles. The number of carbonyl (C=O) groups excluding carboxylic acids is 1. The molecule has 0 bridgehead atoms. The van der Waals surface area contributed by atoms with Crippen molar-refractivity contribution in [2.24, 2.45) is 5.73 Å². The normalized spacial score (nSPS) is 11.9. The molecular formula is C25H29N2O5P. The number of hydrogen-bond acceptors (Lipinski definition) is 6. The van der Waals surface area contributed by atoms with Crippen molar-refractivity contribution in [1.82, 2.24) is 5.32 Å². The predicted octanol–water partition coefficient (Wildman–Crippen LogP) is 5.37. The molecule has 3 aromatic rings. The largest absolute Gasteiger partial charge is 0.445 e. The van der Waals surface area contributed by atoms with Gasteiger partial charge in [0.05, 0.1) is 6.16 Å². The Bertz CT molecular complexity index is 973. The van der Waals surface area contributed by atoms with Crippen LogP contribution in [0.1, 0.15) is 18.4 Å². The summed E-state index contributed by atoms with van der Waals surface area (Å²) in [6.45, 7) is 0.565. The van der Waals surface area contributed by atoms with Crippen LogP contribution in [0.2, 0.25) is 0 Å². The smallest absolute Gasteiger partial charge is 0.432 e. The number of hydrogen-bond donors (Lipinski definition) is 2. The second-order valence-corrected chi connectivity index (χ2v) is 9.39. The average molecular weight is 468 g/mol. The van der Waals surface area contributed by atoms with Gasteiger partial charge >= 0.3 is 13.7 Å². The molecule has 174 valence electrons. The summed E-state index contributed by atoms with van der Waals surface area (Å²) in [6, 6.07) is 26.5. The quantitative estimate of drug-likeness (QED) is 0.347. The lowest BCUT2D eigenvalue weighted by Gasteiger charge is -2.25. The lowest BCUT2D eigenvalue weighted by molar-refractivity contribution is 0.136. The van der Waals surface area contributed by atoms with E-state index < -0.39 is 19.7 Å². The van der Waals surface area contributed by atoms with Gasteiger partial charge in [0.2, 0.25) is 0 Å².